The first-order valence-corrected chi connectivity index (χ1v) is 18.6. The van der Waals surface area contributed by atoms with Crippen molar-refractivity contribution in [1.82, 2.24) is 28.8 Å². The topological polar surface area (TPSA) is 143 Å². The largest absolute Gasteiger partial charge is 0.325 e. The lowest BCUT2D eigenvalue weighted by Gasteiger charge is -2.29. The highest BCUT2D eigenvalue weighted by molar-refractivity contribution is 7.89. The van der Waals surface area contributed by atoms with Crippen LogP contribution in [0.5, 0.6) is 0 Å². The van der Waals surface area contributed by atoms with Gasteiger partial charge in [-0.05, 0) is 73.4 Å². The fraction of sp³-hybridized carbons (Fsp3) is 0.189. The number of carbonyl (C=O) groups is 2. The second kappa shape index (κ2) is 13.1. The molecule has 2 unspecified atom stereocenters. The number of imidazole rings is 1. The number of fused-ring (bicyclic) bond motifs is 2. The Hall–Kier alpha value is -5.21. The lowest BCUT2D eigenvalue weighted by atomic mass is 9.91. The predicted octanol–water partition coefficient (Wildman–Crippen LogP) is 6.62. The summed E-state index contributed by atoms with van der Waals surface area (Å²) < 4.78 is 32.0. The molecule has 2 aliphatic rings. The Morgan fingerprint density at radius 1 is 0.942 bits per heavy atom. The number of sulfonamides is 1. The maximum absolute atomic E-state index is 14.7. The first kappa shape index (κ1) is 33.9. The third-order valence-electron chi connectivity index (χ3n) is 9.52. The summed E-state index contributed by atoms with van der Waals surface area (Å²) in [6, 6.07) is 20.3. The van der Waals surface area contributed by atoms with Crippen molar-refractivity contribution in [3.63, 3.8) is 0 Å². The maximum atomic E-state index is 14.7. The Morgan fingerprint density at radius 2 is 1.69 bits per heavy atom. The predicted molar refractivity (Wildman–Crippen MR) is 198 cm³/mol. The minimum absolute atomic E-state index is 0.0902. The average Bonchev–Trinajstić information content (AvgIpc) is 3.86. The van der Waals surface area contributed by atoms with Gasteiger partial charge < -0.3 is 5.32 Å². The summed E-state index contributed by atoms with van der Waals surface area (Å²) in [5.74, 6) is -0.789. The van der Waals surface area contributed by atoms with Gasteiger partial charge in [0.15, 0.2) is 5.03 Å². The smallest absolute Gasteiger partial charge is 0.261 e. The molecular formula is C37H30Cl2N8O4S. The van der Waals surface area contributed by atoms with Crippen LogP contribution in [0.2, 0.25) is 10.0 Å². The number of anilines is 3. The first-order chi connectivity index (χ1) is 25.0. The molecule has 3 aromatic heterocycles. The third-order valence-corrected chi connectivity index (χ3v) is 11.8. The monoisotopic (exact) mass is 752 g/mol. The fourth-order valence-corrected chi connectivity index (χ4v) is 9.42. The molecule has 2 aliphatic heterocycles. The zero-order chi connectivity index (χ0) is 36.2. The molecule has 1 fully saturated rings. The third kappa shape index (κ3) is 5.89. The molecule has 0 aliphatic carbocycles. The summed E-state index contributed by atoms with van der Waals surface area (Å²) in [6.45, 7) is 1.80. The molecule has 262 valence electrons. The van der Waals surface area contributed by atoms with Crippen molar-refractivity contribution in [1.29, 1.82) is 0 Å². The number of hydrogen-bond acceptors (Lipinski definition) is 8. The van der Waals surface area contributed by atoms with E-state index in [4.69, 9.17) is 23.2 Å². The number of nitrogens with one attached hydrogen (secondary N) is 1. The van der Waals surface area contributed by atoms with Gasteiger partial charge in [0, 0.05) is 58.2 Å². The highest BCUT2D eigenvalue weighted by Gasteiger charge is 2.53. The lowest BCUT2D eigenvalue weighted by Crippen LogP contribution is -2.46. The molecule has 2 atom stereocenters. The van der Waals surface area contributed by atoms with Crippen LogP contribution in [-0.4, -0.2) is 61.6 Å². The number of nitrogens with zero attached hydrogens (tertiary/aromatic N) is 7. The van der Waals surface area contributed by atoms with Crippen molar-refractivity contribution in [2.75, 3.05) is 16.8 Å². The quantitative estimate of drug-likeness (QED) is 0.183. The minimum Gasteiger partial charge on any atom is -0.325 e. The zero-order valence-corrected chi connectivity index (χ0v) is 30.0. The van der Waals surface area contributed by atoms with Crippen LogP contribution < -0.4 is 10.2 Å². The average molecular weight is 754 g/mol. The van der Waals surface area contributed by atoms with Crippen LogP contribution >= 0.6 is 23.2 Å². The van der Waals surface area contributed by atoms with Crippen molar-refractivity contribution in [3.05, 3.63) is 120 Å². The molecule has 12 nitrogen and oxygen atoms in total. The number of halogens is 2. The van der Waals surface area contributed by atoms with E-state index in [-0.39, 0.29) is 23.9 Å². The summed E-state index contributed by atoms with van der Waals surface area (Å²) in [5, 5.41) is 4.12. The Labute approximate surface area is 309 Å². The Bertz CT molecular complexity index is 2460. The van der Waals surface area contributed by atoms with E-state index in [0.29, 0.717) is 34.3 Å². The van der Waals surface area contributed by atoms with Crippen LogP contribution in [0.25, 0.3) is 22.0 Å². The number of benzene rings is 3. The number of rotatable bonds is 8. The zero-order valence-electron chi connectivity index (χ0n) is 27.6. The van der Waals surface area contributed by atoms with Gasteiger partial charge >= 0.3 is 0 Å². The molecule has 52 heavy (non-hydrogen) atoms. The minimum atomic E-state index is -4.38. The van der Waals surface area contributed by atoms with Gasteiger partial charge in [0.1, 0.15) is 17.9 Å². The number of carbonyl (C=O) groups excluding carboxylic acids is 2. The van der Waals surface area contributed by atoms with E-state index in [1.165, 1.54) is 26.3 Å². The molecule has 6 aromatic rings. The van der Waals surface area contributed by atoms with Crippen LogP contribution in [0.15, 0.2) is 109 Å². The molecule has 2 amide bonds. The SMILES string of the molecule is CC1(Cc2ccc(-c3cncnc3)cc2)C(=O)N(c2cc(Cl)cc(Cl)c2)c2ncc(S(=O)(=O)N3CCCC3C(=O)Nc3ccc4ncccc4c3)n21. The van der Waals surface area contributed by atoms with Crippen molar-refractivity contribution in [2.24, 2.45) is 0 Å². The summed E-state index contributed by atoms with van der Waals surface area (Å²) in [6.07, 6.45) is 8.72. The molecule has 0 saturated carbocycles. The van der Waals surface area contributed by atoms with E-state index < -0.39 is 33.4 Å². The standard InChI is InChI=1S/C37H30Cl2N8O4S/c1-37(18-23-6-8-24(9-7-23)26-19-40-22-41-20-26)35(49)46(30-16-27(38)15-28(39)17-30)36-43-21-33(47(36)37)52(50,51)45-13-3-5-32(45)34(48)44-29-10-11-31-25(14-29)4-2-12-42-31/h2,4,6-12,14-17,19-22,32H,3,5,13,18H2,1H3,(H,44,48). The highest BCUT2D eigenvalue weighted by Crippen LogP contribution is 2.45. The number of aromatic nitrogens is 5. The van der Waals surface area contributed by atoms with E-state index >= 15 is 0 Å². The van der Waals surface area contributed by atoms with E-state index in [1.54, 1.807) is 68.0 Å². The maximum Gasteiger partial charge on any atom is 0.261 e. The van der Waals surface area contributed by atoms with Crippen molar-refractivity contribution >= 4 is 73.3 Å². The summed E-state index contributed by atoms with van der Waals surface area (Å²) in [7, 11) is -4.38. The number of amides is 2. The highest BCUT2D eigenvalue weighted by atomic mass is 35.5. The van der Waals surface area contributed by atoms with Crippen molar-refractivity contribution < 1.29 is 18.0 Å². The summed E-state index contributed by atoms with van der Waals surface area (Å²) in [4.78, 5) is 46.7. The van der Waals surface area contributed by atoms with Crippen LogP contribution in [0, 0.1) is 0 Å². The van der Waals surface area contributed by atoms with Crippen LogP contribution in [-0.2, 0) is 31.6 Å². The molecule has 15 heteroatoms. The van der Waals surface area contributed by atoms with Crippen LogP contribution in [0.4, 0.5) is 17.3 Å². The molecule has 0 radical (unpaired) electrons. The second-order valence-corrected chi connectivity index (χ2v) is 15.7. The molecule has 0 spiro atoms. The molecule has 1 N–H and O–H groups in total. The second-order valence-electron chi connectivity index (χ2n) is 12.9. The molecule has 5 heterocycles. The van der Waals surface area contributed by atoms with Crippen molar-refractivity contribution in [2.45, 2.75) is 42.8 Å². The van der Waals surface area contributed by atoms with E-state index in [9.17, 15) is 18.0 Å². The van der Waals surface area contributed by atoms with Crippen LogP contribution in [0.1, 0.15) is 25.3 Å². The van der Waals surface area contributed by atoms with Crippen molar-refractivity contribution in [3.8, 4) is 11.1 Å². The Kier molecular flexibility index (Phi) is 8.53. The molecule has 1 saturated heterocycles. The fourth-order valence-electron chi connectivity index (χ4n) is 7.06. The van der Waals surface area contributed by atoms with Crippen LogP contribution in [0.3, 0.4) is 0 Å². The summed E-state index contributed by atoms with van der Waals surface area (Å²) in [5.41, 5.74) is 2.66. The normalized spacial score (nSPS) is 18.9. The lowest BCUT2D eigenvalue weighted by molar-refractivity contribution is -0.124. The van der Waals surface area contributed by atoms with E-state index in [2.05, 4.69) is 25.3 Å². The van der Waals surface area contributed by atoms with Gasteiger partial charge in [0.25, 0.3) is 15.9 Å². The number of hydrogen-bond donors (Lipinski definition) is 1. The van der Waals surface area contributed by atoms with Gasteiger partial charge in [-0.15, -0.1) is 0 Å². The first-order valence-electron chi connectivity index (χ1n) is 16.4. The van der Waals surface area contributed by atoms with Gasteiger partial charge in [0.2, 0.25) is 11.9 Å². The Morgan fingerprint density at radius 3 is 2.44 bits per heavy atom. The van der Waals surface area contributed by atoms with Gasteiger partial charge in [-0.1, -0.05) is 53.5 Å². The molecule has 0 bridgehead atoms. The molecule has 3 aromatic carbocycles. The molecular weight excluding hydrogens is 723 g/mol. The number of pyridine rings is 1. The molecule has 8 rings (SSSR count). The van der Waals surface area contributed by atoms with E-state index in [1.807, 2.05) is 30.3 Å². The van der Waals surface area contributed by atoms with Gasteiger partial charge in [-0.25, -0.2) is 28.3 Å². The van der Waals surface area contributed by atoms with Gasteiger partial charge in [-0.3, -0.25) is 19.1 Å². The Balaban J connectivity index is 1.16. The van der Waals surface area contributed by atoms with Gasteiger partial charge in [-0.2, -0.15) is 4.31 Å². The van der Waals surface area contributed by atoms with E-state index in [0.717, 1.165) is 27.6 Å². The van der Waals surface area contributed by atoms with Gasteiger partial charge in [0.05, 0.1) is 17.4 Å². The summed E-state index contributed by atoms with van der Waals surface area (Å²) >= 11 is 12.7.